The fourth-order valence-electron chi connectivity index (χ4n) is 1.86. The van der Waals surface area contributed by atoms with E-state index in [-0.39, 0.29) is 12.5 Å². The van der Waals surface area contributed by atoms with E-state index in [2.05, 4.69) is 9.97 Å². The Kier molecular flexibility index (Phi) is 4.74. The average molecular weight is 277 g/mol. The Morgan fingerprint density at radius 1 is 1.20 bits per heavy atom. The van der Waals surface area contributed by atoms with Crippen LogP contribution in [0.3, 0.4) is 0 Å². The molecule has 0 aliphatic carbocycles. The first-order chi connectivity index (χ1) is 9.58. The van der Waals surface area contributed by atoms with Crippen molar-refractivity contribution < 1.29 is 8.78 Å². The maximum atomic E-state index is 13.5. The molecular formula is C15H17F2N3. The molecule has 0 aliphatic rings. The molecule has 5 heteroatoms. The highest BCUT2D eigenvalue weighted by Crippen LogP contribution is 2.13. The maximum absolute atomic E-state index is 13.5. The summed E-state index contributed by atoms with van der Waals surface area (Å²) in [5.41, 5.74) is 7.20. The van der Waals surface area contributed by atoms with E-state index in [0.717, 1.165) is 24.5 Å². The third-order valence-electron chi connectivity index (χ3n) is 3.14. The van der Waals surface area contributed by atoms with Crippen LogP contribution in [0.4, 0.5) is 8.78 Å². The molecule has 0 spiro atoms. The third-order valence-corrected chi connectivity index (χ3v) is 3.14. The topological polar surface area (TPSA) is 51.8 Å². The van der Waals surface area contributed by atoms with Gasteiger partial charge in [0.25, 0.3) is 0 Å². The molecule has 2 N–H and O–H groups in total. The number of nitrogens with two attached hydrogens (primary N) is 1. The van der Waals surface area contributed by atoms with Crippen LogP contribution in [0.2, 0.25) is 0 Å². The normalized spacial score (nSPS) is 12.4. The van der Waals surface area contributed by atoms with Gasteiger partial charge in [-0.2, -0.15) is 0 Å². The Balaban J connectivity index is 2.07. The lowest BCUT2D eigenvalue weighted by atomic mass is 10.1. The van der Waals surface area contributed by atoms with E-state index in [0.29, 0.717) is 11.4 Å². The highest BCUT2D eigenvalue weighted by Gasteiger charge is 2.07. The number of hydrogen-bond donors (Lipinski definition) is 1. The third kappa shape index (κ3) is 3.81. The fourth-order valence-corrected chi connectivity index (χ4v) is 1.86. The first-order valence-corrected chi connectivity index (χ1v) is 6.57. The van der Waals surface area contributed by atoms with Crippen molar-refractivity contribution in [3.8, 4) is 0 Å². The molecule has 1 unspecified atom stereocenters. The van der Waals surface area contributed by atoms with Crippen LogP contribution in [0.1, 0.15) is 30.3 Å². The first-order valence-electron chi connectivity index (χ1n) is 6.57. The molecule has 0 aliphatic heterocycles. The molecule has 0 saturated heterocycles. The molecule has 0 bridgehead atoms. The molecule has 20 heavy (non-hydrogen) atoms. The van der Waals surface area contributed by atoms with Crippen molar-refractivity contribution in [3.05, 3.63) is 59.2 Å². The van der Waals surface area contributed by atoms with Crippen LogP contribution in [-0.2, 0) is 12.8 Å². The maximum Gasteiger partial charge on any atom is 0.132 e. The Labute approximate surface area is 116 Å². The van der Waals surface area contributed by atoms with E-state index in [9.17, 15) is 8.78 Å². The number of aromatic nitrogens is 2. The van der Waals surface area contributed by atoms with Crippen LogP contribution >= 0.6 is 0 Å². The quantitative estimate of drug-likeness (QED) is 0.914. The number of nitrogens with zero attached hydrogens (tertiary/aromatic N) is 2. The zero-order chi connectivity index (χ0) is 14.5. The largest absolute Gasteiger partial charge is 0.327 e. The Morgan fingerprint density at radius 2 is 1.90 bits per heavy atom. The highest BCUT2D eigenvalue weighted by atomic mass is 19.1. The zero-order valence-corrected chi connectivity index (χ0v) is 11.3. The molecule has 1 heterocycles. The van der Waals surface area contributed by atoms with Gasteiger partial charge >= 0.3 is 0 Å². The van der Waals surface area contributed by atoms with Crippen LogP contribution in [-0.4, -0.2) is 16.0 Å². The van der Waals surface area contributed by atoms with E-state index in [1.54, 1.807) is 12.4 Å². The van der Waals surface area contributed by atoms with Crippen molar-refractivity contribution in [2.24, 2.45) is 5.73 Å². The number of benzene rings is 1. The van der Waals surface area contributed by atoms with Gasteiger partial charge in [0.05, 0.1) is 0 Å². The minimum atomic E-state index is -0.587. The predicted octanol–water partition coefficient (Wildman–Crippen LogP) is 2.63. The summed E-state index contributed by atoms with van der Waals surface area (Å²) in [6, 6.07) is 3.60. The zero-order valence-electron chi connectivity index (χ0n) is 11.3. The molecule has 0 amide bonds. The van der Waals surface area contributed by atoms with Gasteiger partial charge in [0.1, 0.15) is 17.5 Å². The number of halogens is 2. The second-order valence-electron chi connectivity index (χ2n) is 4.79. The van der Waals surface area contributed by atoms with Crippen molar-refractivity contribution in [2.45, 2.75) is 32.2 Å². The summed E-state index contributed by atoms with van der Waals surface area (Å²) in [7, 11) is 0. The van der Waals surface area contributed by atoms with E-state index in [1.165, 1.54) is 12.1 Å². The Hall–Kier alpha value is -1.88. The van der Waals surface area contributed by atoms with E-state index < -0.39 is 11.6 Å². The minimum absolute atomic E-state index is 0.0963. The fraction of sp³-hybridized carbons (Fsp3) is 0.333. The van der Waals surface area contributed by atoms with Crippen LogP contribution in [0.5, 0.6) is 0 Å². The van der Waals surface area contributed by atoms with Crippen LogP contribution in [0, 0.1) is 11.6 Å². The molecule has 2 rings (SSSR count). The van der Waals surface area contributed by atoms with Gasteiger partial charge in [-0.05, 0) is 30.0 Å². The molecule has 2 aromatic rings. The monoisotopic (exact) mass is 277 g/mol. The SMILES string of the molecule is CCC(N)Cc1cnc(Cc2ccc(F)cc2F)nc1. The van der Waals surface area contributed by atoms with E-state index >= 15 is 0 Å². The van der Waals surface area contributed by atoms with E-state index in [1.807, 2.05) is 6.92 Å². The summed E-state index contributed by atoms with van der Waals surface area (Å²) in [6.45, 7) is 2.03. The summed E-state index contributed by atoms with van der Waals surface area (Å²) < 4.78 is 26.3. The standard InChI is InChI=1S/C15H17F2N3/c1-2-13(18)5-10-8-19-15(20-9-10)6-11-3-4-12(16)7-14(11)17/h3-4,7-9,13H,2,5-6,18H2,1H3. The smallest absolute Gasteiger partial charge is 0.132 e. The van der Waals surface area contributed by atoms with Crippen molar-refractivity contribution in [3.63, 3.8) is 0 Å². The lowest BCUT2D eigenvalue weighted by molar-refractivity contribution is 0.573. The van der Waals surface area contributed by atoms with Gasteiger partial charge in [0.2, 0.25) is 0 Å². The lowest BCUT2D eigenvalue weighted by Crippen LogP contribution is -2.21. The molecule has 0 fully saturated rings. The van der Waals surface area contributed by atoms with Gasteiger partial charge in [-0.1, -0.05) is 13.0 Å². The van der Waals surface area contributed by atoms with Crippen LogP contribution < -0.4 is 5.73 Å². The molecule has 3 nitrogen and oxygen atoms in total. The first kappa shape index (κ1) is 14.5. The predicted molar refractivity (Wildman–Crippen MR) is 73.2 cm³/mol. The summed E-state index contributed by atoms with van der Waals surface area (Å²) >= 11 is 0. The second kappa shape index (κ2) is 6.52. The molecular weight excluding hydrogens is 260 g/mol. The van der Waals surface area contributed by atoms with Gasteiger partial charge in [-0.15, -0.1) is 0 Å². The molecule has 0 saturated carbocycles. The Morgan fingerprint density at radius 3 is 2.50 bits per heavy atom. The van der Waals surface area contributed by atoms with Gasteiger partial charge in [-0.25, -0.2) is 18.7 Å². The number of hydrogen-bond acceptors (Lipinski definition) is 3. The number of rotatable bonds is 5. The summed E-state index contributed by atoms with van der Waals surface area (Å²) in [6.07, 6.45) is 5.27. The van der Waals surface area contributed by atoms with Crippen molar-refractivity contribution in [2.75, 3.05) is 0 Å². The molecule has 0 radical (unpaired) electrons. The minimum Gasteiger partial charge on any atom is -0.327 e. The summed E-state index contributed by atoms with van der Waals surface area (Å²) in [5.74, 6) is -0.661. The molecule has 1 aromatic carbocycles. The van der Waals surface area contributed by atoms with Gasteiger partial charge < -0.3 is 5.73 Å². The molecule has 1 atom stereocenters. The van der Waals surface area contributed by atoms with Crippen molar-refractivity contribution >= 4 is 0 Å². The average Bonchev–Trinajstić information content (AvgIpc) is 2.44. The van der Waals surface area contributed by atoms with Crippen LogP contribution in [0.25, 0.3) is 0 Å². The molecule has 1 aromatic heterocycles. The summed E-state index contributed by atoms with van der Waals surface area (Å²) in [5, 5.41) is 0. The molecule has 106 valence electrons. The van der Waals surface area contributed by atoms with Gasteiger partial charge in [0, 0.05) is 30.9 Å². The van der Waals surface area contributed by atoms with Crippen molar-refractivity contribution in [1.82, 2.24) is 9.97 Å². The highest BCUT2D eigenvalue weighted by molar-refractivity contribution is 5.22. The van der Waals surface area contributed by atoms with Crippen molar-refractivity contribution in [1.29, 1.82) is 0 Å². The van der Waals surface area contributed by atoms with Gasteiger partial charge in [-0.3, -0.25) is 0 Å². The summed E-state index contributed by atoms with van der Waals surface area (Å²) in [4.78, 5) is 8.40. The lowest BCUT2D eigenvalue weighted by Gasteiger charge is -2.08. The van der Waals surface area contributed by atoms with Gasteiger partial charge in [0.15, 0.2) is 0 Å². The van der Waals surface area contributed by atoms with E-state index in [4.69, 9.17) is 5.73 Å². The Bertz CT molecular complexity index is 570. The second-order valence-corrected chi connectivity index (χ2v) is 4.79. The van der Waals surface area contributed by atoms with Crippen LogP contribution in [0.15, 0.2) is 30.6 Å².